The van der Waals surface area contributed by atoms with E-state index >= 15 is 0 Å². The molecule has 0 aromatic heterocycles. The van der Waals surface area contributed by atoms with Crippen molar-refractivity contribution in [3.05, 3.63) is 0 Å². The van der Waals surface area contributed by atoms with Crippen LogP contribution in [-0.2, 0) is 4.79 Å². The smallest absolute Gasteiger partial charge is 0.317 e. The molecule has 1 unspecified atom stereocenters. The van der Waals surface area contributed by atoms with Gasteiger partial charge in [-0.1, -0.05) is 0 Å². The molecule has 24 heavy (non-hydrogen) atoms. The Balaban J connectivity index is 1.35. The molecule has 0 radical (unpaired) electrons. The van der Waals surface area contributed by atoms with E-state index in [1.54, 1.807) is 0 Å². The molecule has 1 saturated heterocycles. The minimum Gasteiger partial charge on any atom is -0.481 e. The minimum absolute atomic E-state index is 0.0158. The molecule has 0 aromatic rings. The van der Waals surface area contributed by atoms with Gasteiger partial charge in [0.2, 0.25) is 0 Å². The Kier molecular flexibility index (Phi) is 4.00. The van der Waals surface area contributed by atoms with Crippen molar-refractivity contribution in [3.63, 3.8) is 0 Å². The Morgan fingerprint density at radius 3 is 2.00 bits per heavy atom. The second-order valence-corrected chi connectivity index (χ2v) is 9.05. The second-order valence-electron chi connectivity index (χ2n) is 9.05. The third kappa shape index (κ3) is 2.80. The number of nitrogens with one attached hydrogen (secondary N) is 1. The molecule has 4 aliphatic carbocycles. The van der Waals surface area contributed by atoms with Gasteiger partial charge in [0.1, 0.15) is 0 Å². The number of piperidine rings is 1. The lowest BCUT2D eigenvalue weighted by Crippen LogP contribution is -2.58. The van der Waals surface area contributed by atoms with Crippen molar-refractivity contribution in [2.45, 2.75) is 64.3 Å². The Morgan fingerprint density at radius 2 is 1.54 bits per heavy atom. The SMILES string of the molecule is CC(NC(=O)N1CCC(C(=O)O)CC1)C12CC3CC(CC(C3)C1)C2. The van der Waals surface area contributed by atoms with Crippen molar-refractivity contribution in [2.24, 2.45) is 29.1 Å². The number of likely N-dealkylation sites (tertiary alicyclic amines) is 1. The van der Waals surface area contributed by atoms with Crippen molar-refractivity contribution in [3.8, 4) is 0 Å². The predicted molar refractivity (Wildman–Crippen MR) is 90.5 cm³/mol. The van der Waals surface area contributed by atoms with Crippen LogP contribution in [0.3, 0.4) is 0 Å². The van der Waals surface area contributed by atoms with Crippen molar-refractivity contribution >= 4 is 12.0 Å². The minimum atomic E-state index is -0.725. The van der Waals surface area contributed by atoms with Crippen LogP contribution in [0.25, 0.3) is 0 Å². The van der Waals surface area contributed by atoms with Crippen molar-refractivity contribution in [2.75, 3.05) is 13.1 Å². The summed E-state index contributed by atoms with van der Waals surface area (Å²) in [4.78, 5) is 25.5. The van der Waals surface area contributed by atoms with E-state index in [4.69, 9.17) is 5.11 Å². The summed E-state index contributed by atoms with van der Waals surface area (Å²) < 4.78 is 0. The molecule has 5 aliphatic rings. The molecule has 5 nitrogen and oxygen atoms in total. The van der Waals surface area contributed by atoms with E-state index in [0.29, 0.717) is 31.3 Å². The monoisotopic (exact) mass is 334 g/mol. The van der Waals surface area contributed by atoms with E-state index < -0.39 is 5.97 Å². The Hall–Kier alpha value is -1.26. The maximum atomic E-state index is 12.6. The zero-order valence-electron chi connectivity index (χ0n) is 14.7. The first-order valence-corrected chi connectivity index (χ1v) is 9.73. The summed E-state index contributed by atoms with van der Waals surface area (Å²) in [6.07, 6.45) is 9.29. The molecule has 1 heterocycles. The molecule has 2 N–H and O–H groups in total. The third-order valence-electron chi connectivity index (χ3n) is 7.48. The fourth-order valence-corrected chi connectivity index (χ4v) is 6.47. The van der Waals surface area contributed by atoms with Crippen LogP contribution >= 0.6 is 0 Å². The highest BCUT2D eigenvalue weighted by molar-refractivity contribution is 5.75. The summed E-state index contributed by atoms with van der Waals surface area (Å²) >= 11 is 0. The lowest BCUT2D eigenvalue weighted by Gasteiger charge is -2.59. The average Bonchev–Trinajstić information content (AvgIpc) is 2.53. The summed E-state index contributed by atoms with van der Waals surface area (Å²) in [6, 6.07) is 0.248. The molecule has 0 aromatic carbocycles. The van der Waals surface area contributed by atoms with Gasteiger partial charge in [-0.3, -0.25) is 4.79 Å². The van der Waals surface area contributed by atoms with Gasteiger partial charge in [-0.25, -0.2) is 4.79 Å². The van der Waals surface area contributed by atoms with Gasteiger partial charge in [0, 0.05) is 19.1 Å². The molecule has 1 atom stereocenters. The molecule has 0 spiro atoms. The number of carboxylic acid groups (broad SMARTS) is 1. The molecule has 4 bridgehead atoms. The van der Waals surface area contributed by atoms with Crippen molar-refractivity contribution in [1.82, 2.24) is 10.2 Å². The summed E-state index contributed by atoms with van der Waals surface area (Å²) in [5, 5.41) is 12.4. The number of urea groups is 1. The summed E-state index contributed by atoms with van der Waals surface area (Å²) in [5.74, 6) is 1.66. The zero-order valence-corrected chi connectivity index (χ0v) is 14.7. The van der Waals surface area contributed by atoms with Gasteiger partial charge in [-0.2, -0.15) is 0 Å². The average molecular weight is 334 g/mol. The number of carbonyl (C=O) groups excluding carboxylic acids is 1. The number of rotatable bonds is 3. The van der Waals surface area contributed by atoms with Crippen LogP contribution in [0.15, 0.2) is 0 Å². The van der Waals surface area contributed by atoms with Gasteiger partial charge in [0.25, 0.3) is 0 Å². The standard InChI is InChI=1S/C19H30N2O3/c1-12(19-9-13-6-14(10-19)8-15(7-13)11-19)20-18(24)21-4-2-16(3-5-21)17(22)23/h12-16H,2-11H2,1H3,(H,20,24)(H,22,23). The topological polar surface area (TPSA) is 69.6 Å². The quantitative estimate of drug-likeness (QED) is 0.833. The molecule has 5 fully saturated rings. The maximum Gasteiger partial charge on any atom is 0.317 e. The normalized spacial score (nSPS) is 39.7. The summed E-state index contributed by atoms with van der Waals surface area (Å²) in [7, 11) is 0. The molecule has 1 aliphatic heterocycles. The zero-order chi connectivity index (χ0) is 16.9. The molecule has 5 heteroatoms. The Morgan fingerprint density at radius 1 is 1.04 bits per heavy atom. The molecule has 134 valence electrons. The van der Waals surface area contributed by atoms with E-state index in [1.807, 2.05) is 4.90 Å². The maximum absolute atomic E-state index is 12.6. The number of nitrogens with zero attached hydrogens (tertiary/aromatic N) is 1. The van der Waals surface area contributed by atoms with Crippen LogP contribution in [0.1, 0.15) is 58.3 Å². The highest BCUT2D eigenvalue weighted by Crippen LogP contribution is 2.61. The summed E-state index contributed by atoms with van der Waals surface area (Å²) in [5.41, 5.74) is 0.323. The van der Waals surface area contributed by atoms with E-state index in [2.05, 4.69) is 12.2 Å². The number of aliphatic carboxylic acids is 1. The first kappa shape index (κ1) is 16.2. The lowest BCUT2D eigenvalue weighted by atomic mass is 9.48. The molecular formula is C19H30N2O3. The van der Waals surface area contributed by atoms with E-state index in [-0.39, 0.29) is 18.0 Å². The molecule has 4 saturated carbocycles. The second kappa shape index (κ2) is 5.92. The van der Waals surface area contributed by atoms with Gasteiger partial charge in [0.15, 0.2) is 0 Å². The van der Waals surface area contributed by atoms with Gasteiger partial charge in [-0.05, 0) is 81.5 Å². The van der Waals surface area contributed by atoms with Crippen molar-refractivity contribution in [1.29, 1.82) is 0 Å². The predicted octanol–water partition coefficient (Wildman–Crippen LogP) is 3.10. The fourth-order valence-electron chi connectivity index (χ4n) is 6.47. The van der Waals surface area contributed by atoms with Crippen molar-refractivity contribution < 1.29 is 14.7 Å². The van der Waals surface area contributed by atoms with Gasteiger partial charge in [-0.15, -0.1) is 0 Å². The van der Waals surface area contributed by atoms with E-state index in [0.717, 1.165) is 17.8 Å². The number of hydrogen-bond donors (Lipinski definition) is 2. The van der Waals surface area contributed by atoms with E-state index in [1.165, 1.54) is 38.5 Å². The number of carbonyl (C=O) groups is 2. The number of hydrogen-bond acceptors (Lipinski definition) is 2. The number of amides is 2. The van der Waals surface area contributed by atoms with Crippen LogP contribution < -0.4 is 5.32 Å². The lowest BCUT2D eigenvalue weighted by molar-refractivity contribution is -0.143. The summed E-state index contributed by atoms with van der Waals surface area (Å²) in [6.45, 7) is 3.34. The van der Waals surface area contributed by atoms with Gasteiger partial charge < -0.3 is 15.3 Å². The fraction of sp³-hybridized carbons (Fsp3) is 0.895. The molecular weight excluding hydrogens is 304 g/mol. The Bertz CT molecular complexity index is 489. The van der Waals surface area contributed by atoms with Gasteiger partial charge >= 0.3 is 12.0 Å². The highest BCUT2D eigenvalue weighted by atomic mass is 16.4. The molecule has 5 rings (SSSR count). The number of carboxylic acids is 1. The van der Waals surface area contributed by atoms with Crippen LogP contribution in [0.2, 0.25) is 0 Å². The largest absolute Gasteiger partial charge is 0.481 e. The van der Waals surface area contributed by atoms with Crippen LogP contribution in [0, 0.1) is 29.1 Å². The van der Waals surface area contributed by atoms with Crippen LogP contribution in [-0.4, -0.2) is 41.1 Å². The van der Waals surface area contributed by atoms with Crippen LogP contribution in [0.4, 0.5) is 4.79 Å². The highest BCUT2D eigenvalue weighted by Gasteiger charge is 2.53. The first-order chi connectivity index (χ1) is 11.4. The van der Waals surface area contributed by atoms with E-state index in [9.17, 15) is 9.59 Å². The van der Waals surface area contributed by atoms with Crippen LogP contribution in [0.5, 0.6) is 0 Å². The van der Waals surface area contributed by atoms with Gasteiger partial charge in [0.05, 0.1) is 5.92 Å². The Labute approximate surface area is 144 Å². The first-order valence-electron chi connectivity index (χ1n) is 9.73. The molecule has 2 amide bonds. The third-order valence-corrected chi connectivity index (χ3v) is 7.48.